The highest BCUT2D eigenvalue weighted by atomic mass is 16.4. The number of piperidine rings is 1. The molecule has 2 rings (SSSR count). The van der Waals surface area contributed by atoms with E-state index in [0.29, 0.717) is 6.04 Å². The summed E-state index contributed by atoms with van der Waals surface area (Å²) in [5, 5.41) is 12.1. The Morgan fingerprint density at radius 3 is 2.85 bits per heavy atom. The van der Waals surface area contributed by atoms with Crippen LogP contribution in [-0.2, 0) is 0 Å². The number of likely N-dealkylation sites (N-methyl/N-ethyl adjacent to an activating group) is 1. The lowest BCUT2D eigenvalue weighted by molar-refractivity contribution is 0.258. The summed E-state index contributed by atoms with van der Waals surface area (Å²) in [7, 11) is 4.24. The van der Waals surface area contributed by atoms with Gasteiger partial charge in [0.25, 0.3) is 0 Å². The molecule has 5 nitrogen and oxygen atoms in total. The molecule has 1 aromatic rings. The fourth-order valence-electron chi connectivity index (χ4n) is 2.78. The number of anilines is 1. The van der Waals surface area contributed by atoms with Gasteiger partial charge in [-0.25, -0.2) is 0 Å². The van der Waals surface area contributed by atoms with E-state index in [4.69, 9.17) is 10.9 Å². The van der Waals surface area contributed by atoms with Gasteiger partial charge in [-0.2, -0.15) is 0 Å². The van der Waals surface area contributed by atoms with Crippen LogP contribution < -0.4 is 10.6 Å². The molecule has 1 saturated heterocycles. The Morgan fingerprint density at radius 2 is 2.20 bits per heavy atom. The Kier molecular flexibility index (Phi) is 4.49. The van der Waals surface area contributed by atoms with Crippen molar-refractivity contribution in [1.82, 2.24) is 4.90 Å². The summed E-state index contributed by atoms with van der Waals surface area (Å²) in [4.78, 5) is 4.60. The Hall–Kier alpha value is -1.75. The van der Waals surface area contributed by atoms with Crippen LogP contribution in [0.1, 0.15) is 24.0 Å². The van der Waals surface area contributed by atoms with Crippen molar-refractivity contribution >= 4 is 11.5 Å². The molecular formula is C15H24N4O. The SMILES string of the molecule is Cc1ccc(N2CCCC(N(C)C)C2)c(/C(N)=N/O)c1. The molecule has 1 aromatic carbocycles. The average molecular weight is 276 g/mol. The zero-order chi connectivity index (χ0) is 14.7. The van der Waals surface area contributed by atoms with Crippen molar-refractivity contribution in [1.29, 1.82) is 0 Å². The second kappa shape index (κ2) is 6.13. The fourth-order valence-corrected chi connectivity index (χ4v) is 2.78. The van der Waals surface area contributed by atoms with Gasteiger partial charge in [0.1, 0.15) is 0 Å². The molecule has 0 aromatic heterocycles. The van der Waals surface area contributed by atoms with Crippen LogP contribution in [0.25, 0.3) is 0 Å². The summed E-state index contributed by atoms with van der Waals surface area (Å²) < 4.78 is 0. The van der Waals surface area contributed by atoms with E-state index in [1.54, 1.807) is 0 Å². The largest absolute Gasteiger partial charge is 0.409 e. The summed E-state index contributed by atoms with van der Waals surface area (Å²) in [5.41, 5.74) is 8.80. The van der Waals surface area contributed by atoms with Gasteiger partial charge in [-0.05, 0) is 46.0 Å². The molecule has 0 saturated carbocycles. The number of nitrogens with zero attached hydrogens (tertiary/aromatic N) is 3. The van der Waals surface area contributed by atoms with Gasteiger partial charge in [-0.15, -0.1) is 0 Å². The van der Waals surface area contributed by atoms with Crippen molar-refractivity contribution in [2.24, 2.45) is 10.9 Å². The van der Waals surface area contributed by atoms with E-state index in [2.05, 4.69) is 41.2 Å². The van der Waals surface area contributed by atoms with Gasteiger partial charge in [0.2, 0.25) is 0 Å². The van der Waals surface area contributed by atoms with E-state index in [9.17, 15) is 0 Å². The highest BCUT2D eigenvalue weighted by Gasteiger charge is 2.23. The zero-order valence-electron chi connectivity index (χ0n) is 12.5. The van der Waals surface area contributed by atoms with Gasteiger partial charge in [0.15, 0.2) is 5.84 Å². The molecule has 0 aliphatic carbocycles. The summed E-state index contributed by atoms with van der Waals surface area (Å²) in [6.07, 6.45) is 2.38. The van der Waals surface area contributed by atoms with Crippen LogP contribution in [0.3, 0.4) is 0 Å². The molecule has 0 radical (unpaired) electrons. The first kappa shape index (κ1) is 14.7. The minimum Gasteiger partial charge on any atom is -0.409 e. The van der Waals surface area contributed by atoms with Gasteiger partial charge in [-0.3, -0.25) is 0 Å². The lowest BCUT2D eigenvalue weighted by atomic mass is 10.0. The van der Waals surface area contributed by atoms with Crippen molar-refractivity contribution in [3.63, 3.8) is 0 Å². The standard InChI is InChI=1S/C15H24N4O/c1-11-6-7-14(13(9-11)15(16)17-20)19-8-4-5-12(10-19)18(2)3/h6-7,9,12,20H,4-5,8,10H2,1-3H3,(H2,16,17). The molecule has 1 fully saturated rings. The molecule has 0 spiro atoms. The second-order valence-corrected chi connectivity index (χ2v) is 5.71. The number of benzene rings is 1. The van der Waals surface area contributed by atoms with Crippen molar-refractivity contribution in [2.75, 3.05) is 32.1 Å². The Bertz CT molecular complexity index is 499. The number of nitrogens with two attached hydrogens (primary N) is 1. The van der Waals surface area contributed by atoms with Crippen LogP contribution >= 0.6 is 0 Å². The topological polar surface area (TPSA) is 65.1 Å². The maximum absolute atomic E-state index is 8.98. The highest BCUT2D eigenvalue weighted by molar-refractivity contribution is 6.02. The van der Waals surface area contributed by atoms with Crippen LogP contribution in [0.15, 0.2) is 23.4 Å². The van der Waals surface area contributed by atoms with Crippen molar-refractivity contribution in [3.05, 3.63) is 29.3 Å². The van der Waals surface area contributed by atoms with Gasteiger partial charge >= 0.3 is 0 Å². The first-order chi connectivity index (χ1) is 9.52. The van der Waals surface area contributed by atoms with Gasteiger partial charge in [0, 0.05) is 30.4 Å². The van der Waals surface area contributed by atoms with E-state index in [-0.39, 0.29) is 5.84 Å². The number of hydrogen-bond donors (Lipinski definition) is 2. The molecule has 110 valence electrons. The van der Waals surface area contributed by atoms with Crippen LogP contribution in [0.2, 0.25) is 0 Å². The maximum atomic E-state index is 8.98. The quantitative estimate of drug-likeness (QED) is 0.381. The lowest BCUT2D eigenvalue weighted by Crippen LogP contribution is -2.45. The summed E-state index contributed by atoms with van der Waals surface area (Å²) in [5.74, 6) is 0.177. The molecular weight excluding hydrogens is 252 g/mol. The predicted octanol–water partition coefficient (Wildman–Crippen LogP) is 1.62. The molecule has 5 heteroatoms. The lowest BCUT2D eigenvalue weighted by Gasteiger charge is -2.38. The molecule has 1 atom stereocenters. The van der Waals surface area contributed by atoms with E-state index in [0.717, 1.165) is 36.3 Å². The first-order valence-electron chi connectivity index (χ1n) is 7.03. The van der Waals surface area contributed by atoms with Crippen LogP contribution in [0.4, 0.5) is 5.69 Å². The first-order valence-corrected chi connectivity index (χ1v) is 7.03. The molecule has 1 heterocycles. The van der Waals surface area contributed by atoms with Gasteiger partial charge in [-0.1, -0.05) is 16.8 Å². The molecule has 0 bridgehead atoms. The van der Waals surface area contributed by atoms with Crippen LogP contribution in [-0.4, -0.2) is 49.2 Å². The molecule has 20 heavy (non-hydrogen) atoms. The van der Waals surface area contributed by atoms with E-state index < -0.39 is 0 Å². The van der Waals surface area contributed by atoms with Crippen LogP contribution in [0, 0.1) is 6.92 Å². The zero-order valence-corrected chi connectivity index (χ0v) is 12.5. The van der Waals surface area contributed by atoms with E-state index >= 15 is 0 Å². The Balaban J connectivity index is 2.32. The third-order valence-corrected chi connectivity index (χ3v) is 4.00. The second-order valence-electron chi connectivity index (χ2n) is 5.71. The maximum Gasteiger partial charge on any atom is 0.172 e. The number of oxime groups is 1. The summed E-state index contributed by atoms with van der Waals surface area (Å²) in [6.45, 7) is 4.00. The highest BCUT2D eigenvalue weighted by Crippen LogP contribution is 2.26. The molecule has 0 amide bonds. The normalized spacial score (nSPS) is 20.5. The smallest absolute Gasteiger partial charge is 0.172 e. The van der Waals surface area contributed by atoms with Crippen LogP contribution in [0.5, 0.6) is 0 Å². The predicted molar refractivity (Wildman–Crippen MR) is 82.6 cm³/mol. The van der Waals surface area contributed by atoms with E-state index in [1.807, 2.05) is 13.0 Å². The van der Waals surface area contributed by atoms with Gasteiger partial charge in [0.05, 0.1) is 0 Å². The number of rotatable bonds is 3. The summed E-state index contributed by atoms with van der Waals surface area (Å²) in [6, 6.07) is 6.66. The molecule has 1 aliphatic heterocycles. The Labute approximate surface area is 120 Å². The molecule has 3 N–H and O–H groups in total. The minimum atomic E-state index is 0.177. The number of amidine groups is 1. The third-order valence-electron chi connectivity index (χ3n) is 4.00. The Morgan fingerprint density at radius 1 is 1.45 bits per heavy atom. The summed E-state index contributed by atoms with van der Waals surface area (Å²) >= 11 is 0. The number of hydrogen-bond acceptors (Lipinski definition) is 4. The minimum absolute atomic E-state index is 0.177. The van der Waals surface area contributed by atoms with Gasteiger partial charge < -0.3 is 20.7 Å². The van der Waals surface area contributed by atoms with Crippen molar-refractivity contribution in [3.8, 4) is 0 Å². The average Bonchev–Trinajstić information content (AvgIpc) is 2.46. The van der Waals surface area contributed by atoms with Crippen molar-refractivity contribution < 1.29 is 5.21 Å². The molecule has 1 unspecified atom stereocenters. The number of aryl methyl sites for hydroxylation is 1. The molecule has 1 aliphatic rings. The third kappa shape index (κ3) is 3.04. The van der Waals surface area contributed by atoms with E-state index in [1.165, 1.54) is 6.42 Å². The fraction of sp³-hybridized carbons (Fsp3) is 0.533. The monoisotopic (exact) mass is 276 g/mol. The van der Waals surface area contributed by atoms with Crippen molar-refractivity contribution in [2.45, 2.75) is 25.8 Å².